The summed E-state index contributed by atoms with van der Waals surface area (Å²) in [6, 6.07) is 13.1. The number of carbonyl (C=O) groups is 2. The number of aliphatic hydroxyl groups excluding tert-OH is 2. The highest BCUT2D eigenvalue weighted by Crippen LogP contribution is 2.35. The monoisotopic (exact) mass is 434 g/mol. The molecule has 1 heterocycles. The molecule has 0 aromatic heterocycles. The maximum absolute atomic E-state index is 12.9. The highest BCUT2D eigenvalue weighted by atomic mass is 16.6. The average Bonchev–Trinajstić information content (AvgIpc) is 2.81. The number of rotatable bonds is 7. The van der Waals surface area contributed by atoms with Crippen molar-refractivity contribution in [3.8, 4) is 0 Å². The summed E-state index contributed by atoms with van der Waals surface area (Å²) in [6.07, 6.45) is 1.49. The van der Waals surface area contributed by atoms with Crippen LogP contribution in [0.2, 0.25) is 0 Å². The second-order valence-electron chi connectivity index (χ2n) is 7.11. The molecule has 162 valence electrons. The number of hydrogen-bond acceptors (Lipinski definition) is 8. The number of benzene rings is 3. The number of aliphatic hydroxyl groups is 2. The number of nitrogens with zero attached hydrogens (tertiary/aromatic N) is 3. The topological polar surface area (TPSA) is 145 Å². The van der Waals surface area contributed by atoms with Crippen LogP contribution >= 0.6 is 0 Å². The maximum atomic E-state index is 12.9. The van der Waals surface area contributed by atoms with Gasteiger partial charge in [-0.1, -0.05) is 12.1 Å². The molecule has 1 aliphatic rings. The zero-order chi connectivity index (χ0) is 22.8. The van der Waals surface area contributed by atoms with Crippen LogP contribution < -0.4 is 5.43 Å². The van der Waals surface area contributed by atoms with Crippen molar-refractivity contribution in [2.75, 3.05) is 18.6 Å². The first-order valence-corrected chi connectivity index (χ1v) is 9.65. The SMILES string of the molecule is O=C1c2cccc3c(N/N=C/c4ccc([N+](=O)[O-])cc4)ccc(c23)C(=O)N1C(CO)CO. The van der Waals surface area contributed by atoms with E-state index in [0.29, 0.717) is 22.0 Å². The zero-order valence-corrected chi connectivity index (χ0v) is 16.6. The number of imide groups is 1. The normalized spacial score (nSPS) is 13.4. The van der Waals surface area contributed by atoms with Gasteiger partial charge >= 0.3 is 0 Å². The number of amides is 2. The molecule has 3 aromatic carbocycles. The molecule has 10 heteroatoms. The lowest BCUT2D eigenvalue weighted by atomic mass is 9.92. The highest BCUT2D eigenvalue weighted by molar-refractivity contribution is 6.27. The minimum absolute atomic E-state index is 0.0216. The third kappa shape index (κ3) is 3.57. The molecule has 0 fully saturated rings. The molecule has 0 radical (unpaired) electrons. The van der Waals surface area contributed by atoms with Gasteiger partial charge in [0, 0.05) is 34.0 Å². The van der Waals surface area contributed by atoms with Crippen LogP contribution in [0.5, 0.6) is 0 Å². The Bertz CT molecular complexity index is 1230. The molecule has 0 spiro atoms. The first-order valence-electron chi connectivity index (χ1n) is 9.65. The van der Waals surface area contributed by atoms with Gasteiger partial charge in [0.1, 0.15) is 0 Å². The second-order valence-corrected chi connectivity index (χ2v) is 7.11. The Labute approximate surface area is 181 Å². The van der Waals surface area contributed by atoms with Crippen LogP contribution in [-0.4, -0.2) is 57.3 Å². The van der Waals surface area contributed by atoms with E-state index in [9.17, 15) is 29.9 Å². The lowest BCUT2D eigenvalue weighted by Gasteiger charge is -2.32. The number of carbonyl (C=O) groups excluding carboxylic acids is 2. The van der Waals surface area contributed by atoms with Crippen LogP contribution in [0.25, 0.3) is 10.8 Å². The minimum atomic E-state index is -1.03. The molecular weight excluding hydrogens is 416 g/mol. The van der Waals surface area contributed by atoms with Gasteiger partial charge in [0.25, 0.3) is 17.5 Å². The van der Waals surface area contributed by atoms with Gasteiger partial charge in [-0.2, -0.15) is 5.10 Å². The van der Waals surface area contributed by atoms with Crippen LogP contribution in [0.4, 0.5) is 11.4 Å². The van der Waals surface area contributed by atoms with E-state index >= 15 is 0 Å². The number of non-ortho nitro benzene ring substituents is 1. The fourth-order valence-corrected chi connectivity index (χ4v) is 3.62. The van der Waals surface area contributed by atoms with E-state index in [1.807, 2.05) is 0 Å². The lowest BCUT2D eigenvalue weighted by molar-refractivity contribution is -0.384. The van der Waals surface area contributed by atoms with Gasteiger partial charge in [0.05, 0.1) is 36.1 Å². The van der Waals surface area contributed by atoms with Crippen molar-refractivity contribution < 1.29 is 24.7 Å². The van der Waals surface area contributed by atoms with Gasteiger partial charge < -0.3 is 10.2 Å². The summed E-state index contributed by atoms with van der Waals surface area (Å²) in [6.45, 7) is -1.09. The van der Waals surface area contributed by atoms with E-state index in [0.717, 1.165) is 4.90 Å². The molecule has 0 atom stereocenters. The number of anilines is 1. The van der Waals surface area contributed by atoms with Crippen LogP contribution in [0, 0.1) is 10.1 Å². The Hall–Kier alpha value is -4.15. The molecule has 0 saturated carbocycles. The predicted molar refractivity (Wildman–Crippen MR) is 117 cm³/mol. The number of hydrogen-bond donors (Lipinski definition) is 3. The van der Waals surface area contributed by atoms with Crippen molar-refractivity contribution in [3.63, 3.8) is 0 Å². The van der Waals surface area contributed by atoms with Crippen molar-refractivity contribution >= 4 is 40.2 Å². The number of nitro benzene ring substituents is 1. The molecule has 0 saturated heterocycles. The van der Waals surface area contributed by atoms with Gasteiger partial charge in [-0.25, -0.2) is 0 Å². The maximum Gasteiger partial charge on any atom is 0.269 e. The van der Waals surface area contributed by atoms with Gasteiger partial charge in [0.2, 0.25) is 0 Å². The molecule has 2 amide bonds. The van der Waals surface area contributed by atoms with E-state index in [-0.39, 0.29) is 16.8 Å². The second kappa shape index (κ2) is 8.53. The van der Waals surface area contributed by atoms with Crippen molar-refractivity contribution in [1.82, 2.24) is 4.90 Å². The minimum Gasteiger partial charge on any atom is -0.394 e. The zero-order valence-electron chi connectivity index (χ0n) is 16.6. The van der Waals surface area contributed by atoms with Gasteiger partial charge in [-0.05, 0) is 35.9 Å². The van der Waals surface area contributed by atoms with Crippen LogP contribution in [0.3, 0.4) is 0 Å². The van der Waals surface area contributed by atoms with Gasteiger partial charge in [0.15, 0.2) is 0 Å². The quantitative estimate of drug-likeness (QED) is 0.223. The summed E-state index contributed by atoms with van der Waals surface area (Å²) in [4.78, 5) is 37.0. The summed E-state index contributed by atoms with van der Waals surface area (Å²) in [5, 5.41) is 34.9. The molecular formula is C22H18N4O6. The summed E-state index contributed by atoms with van der Waals surface area (Å²) in [5.74, 6) is -1.18. The van der Waals surface area contributed by atoms with Gasteiger partial charge in [-0.15, -0.1) is 0 Å². The Morgan fingerprint density at radius 2 is 1.66 bits per heavy atom. The summed E-state index contributed by atoms with van der Waals surface area (Å²) >= 11 is 0. The molecule has 4 rings (SSSR count). The van der Waals surface area contributed by atoms with E-state index in [4.69, 9.17) is 0 Å². The summed E-state index contributed by atoms with van der Waals surface area (Å²) in [7, 11) is 0. The number of nitrogens with one attached hydrogen (secondary N) is 1. The van der Waals surface area contributed by atoms with Crippen molar-refractivity contribution in [3.05, 3.63) is 81.4 Å². The van der Waals surface area contributed by atoms with E-state index in [1.165, 1.54) is 18.3 Å². The molecule has 3 aromatic rings. The Balaban J connectivity index is 1.67. The largest absolute Gasteiger partial charge is 0.394 e. The standard InChI is InChI=1S/C22H18N4O6/c27-11-15(12-28)25-21(29)17-3-1-2-16-19(9-8-18(20(16)17)22(25)30)24-23-10-13-4-6-14(7-5-13)26(31)32/h1-10,15,24,27-28H,11-12H2/b23-10+. The predicted octanol–water partition coefficient (Wildman–Crippen LogP) is 2.14. The summed E-state index contributed by atoms with van der Waals surface area (Å²) in [5.41, 5.74) is 4.63. The third-order valence-electron chi connectivity index (χ3n) is 5.23. The van der Waals surface area contributed by atoms with Crippen LogP contribution in [0.1, 0.15) is 26.3 Å². The smallest absolute Gasteiger partial charge is 0.269 e. The first-order chi connectivity index (χ1) is 15.5. The van der Waals surface area contributed by atoms with Crippen molar-refractivity contribution in [2.45, 2.75) is 6.04 Å². The highest BCUT2D eigenvalue weighted by Gasteiger charge is 2.37. The first kappa shape index (κ1) is 21.1. The molecule has 1 aliphatic heterocycles. The van der Waals surface area contributed by atoms with E-state index in [2.05, 4.69) is 10.5 Å². The van der Waals surface area contributed by atoms with Crippen molar-refractivity contribution in [2.24, 2.45) is 5.10 Å². The fourth-order valence-electron chi connectivity index (χ4n) is 3.62. The average molecular weight is 434 g/mol. The van der Waals surface area contributed by atoms with Crippen molar-refractivity contribution in [1.29, 1.82) is 0 Å². The molecule has 10 nitrogen and oxygen atoms in total. The molecule has 3 N–H and O–H groups in total. The van der Waals surface area contributed by atoms with E-state index in [1.54, 1.807) is 42.5 Å². The Morgan fingerprint density at radius 3 is 2.28 bits per heavy atom. The lowest BCUT2D eigenvalue weighted by Crippen LogP contribution is -2.50. The van der Waals surface area contributed by atoms with Gasteiger partial charge in [-0.3, -0.25) is 30.0 Å². The molecule has 32 heavy (non-hydrogen) atoms. The Kier molecular flexibility index (Phi) is 5.63. The van der Waals surface area contributed by atoms with Crippen LogP contribution in [0.15, 0.2) is 59.7 Å². The van der Waals surface area contributed by atoms with Crippen LogP contribution in [-0.2, 0) is 0 Å². The summed E-state index contributed by atoms with van der Waals surface area (Å²) < 4.78 is 0. The number of nitro groups is 1. The fraction of sp³-hybridized carbons (Fsp3) is 0.136. The number of hydrazone groups is 1. The molecule has 0 unspecified atom stereocenters. The molecule has 0 aliphatic carbocycles. The third-order valence-corrected chi connectivity index (χ3v) is 5.23. The molecule has 0 bridgehead atoms. The Morgan fingerprint density at radius 1 is 1.00 bits per heavy atom. The van der Waals surface area contributed by atoms with E-state index < -0.39 is 36.0 Å².